The summed E-state index contributed by atoms with van der Waals surface area (Å²) < 4.78 is 61.6. The van der Waals surface area contributed by atoms with Crippen LogP contribution in [0.3, 0.4) is 0 Å². The van der Waals surface area contributed by atoms with Gasteiger partial charge in [0.1, 0.15) is 13.0 Å². The summed E-state index contributed by atoms with van der Waals surface area (Å²) in [5.74, 6) is -1.67. The van der Waals surface area contributed by atoms with Crippen molar-refractivity contribution >= 4 is 36.3 Å². The van der Waals surface area contributed by atoms with E-state index in [-0.39, 0.29) is 54.1 Å². The van der Waals surface area contributed by atoms with Crippen LogP contribution >= 0.6 is 19.2 Å². The van der Waals surface area contributed by atoms with E-state index in [1.54, 1.807) is 24.3 Å². The van der Waals surface area contributed by atoms with Gasteiger partial charge in [-0.15, -0.1) is 0 Å². The van der Waals surface area contributed by atoms with E-state index in [9.17, 15) is 18.5 Å². The molecular weight excluding hydrogens is 612 g/mol. The molecule has 3 heterocycles. The molecule has 0 radical (unpaired) electrons. The van der Waals surface area contributed by atoms with Gasteiger partial charge in [0.05, 0.1) is 26.7 Å². The first-order chi connectivity index (χ1) is 20.6. The molecule has 5 aromatic rings. The monoisotopic (exact) mass is 635 g/mol. The van der Waals surface area contributed by atoms with Crippen molar-refractivity contribution in [3.63, 3.8) is 0 Å². The van der Waals surface area contributed by atoms with Crippen LogP contribution in [0.25, 0.3) is 22.5 Å². The number of imidazole rings is 1. The Morgan fingerprint density at radius 1 is 1.12 bits per heavy atom. The number of nitrogens with zero attached hydrogens (tertiary/aromatic N) is 3. The van der Waals surface area contributed by atoms with Gasteiger partial charge in [-0.25, -0.2) is 14.2 Å². The zero-order chi connectivity index (χ0) is 30.6. The van der Waals surface area contributed by atoms with Crippen LogP contribution in [0.1, 0.15) is 11.3 Å². The molecule has 5 rings (SSSR count). The number of aromatic nitrogens is 4. The van der Waals surface area contributed by atoms with E-state index in [4.69, 9.17) is 44.7 Å². The molecule has 2 aromatic carbocycles. The zero-order valence-electron chi connectivity index (χ0n) is 22.5. The highest BCUT2D eigenvalue weighted by atomic mass is 35.5. The van der Waals surface area contributed by atoms with Gasteiger partial charge in [0.15, 0.2) is 34.3 Å². The molecule has 0 spiro atoms. The van der Waals surface area contributed by atoms with Gasteiger partial charge >= 0.3 is 13.4 Å². The first kappa shape index (κ1) is 30.2. The maximum atomic E-state index is 14.2. The van der Waals surface area contributed by atoms with Crippen molar-refractivity contribution in [2.75, 3.05) is 25.8 Å². The Morgan fingerprint density at radius 3 is 2.63 bits per heavy atom. The molecule has 0 fully saturated rings. The number of halogens is 2. The number of ether oxygens (including phenoxy) is 2. The van der Waals surface area contributed by atoms with Crippen molar-refractivity contribution in [3.8, 4) is 17.1 Å². The molecule has 3 N–H and O–H groups in total. The topological polar surface area (TPSA) is 187 Å². The van der Waals surface area contributed by atoms with E-state index in [2.05, 4.69) is 15.0 Å². The fourth-order valence-corrected chi connectivity index (χ4v) is 5.30. The lowest BCUT2D eigenvalue weighted by Crippen LogP contribution is -2.13. The second-order valence-corrected chi connectivity index (χ2v) is 11.4. The second-order valence-electron chi connectivity index (χ2n) is 8.94. The summed E-state index contributed by atoms with van der Waals surface area (Å²) in [5.41, 5.74) is 6.29. The van der Waals surface area contributed by atoms with Crippen molar-refractivity contribution < 1.29 is 36.3 Å². The number of nitrogen functional groups attached to an aromatic ring is 1. The highest BCUT2D eigenvalue weighted by molar-refractivity contribution is 7.53. The first-order valence-corrected chi connectivity index (χ1v) is 14.6. The third-order valence-electron chi connectivity index (χ3n) is 6.01. The summed E-state index contributed by atoms with van der Waals surface area (Å²) in [4.78, 5) is 34.4. The number of anilines is 1. The number of methoxy groups -OCH3 is 1. The fourth-order valence-electron chi connectivity index (χ4n) is 3.94. The standard InChI is InChI=1S/C26H24ClFN5O9P/c1-37-19-7-2-15(10-18(19)28)11-39-43(36,14-38-9-8-33-13-30-21-23(33)31-25(29)32-24(21)34)40-12-20-22(42-26(35)41-20)16-3-5-17(27)6-4-16/h2-7,10,13H,8-9,11-12,14H2,1H3,(H3,29,31,32,34). The number of H-pyrrole nitrogens is 1. The van der Waals surface area contributed by atoms with Crippen LogP contribution in [0, 0.1) is 5.82 Å². The number of nitrogens with one attached hydrogen (secondary N) is 1. The summed E-state index contributed by atoms with van der Waals surface area (Å²) in [5, 5.41) is 0.465. The van der Waals surface area contributed by atoms with Gasteiger partial charge in [-0.1, -0.05) is 17.7 Å². The molecule has 3 aromatic heterocycles. The molecule has 0 amide bonds. The van der Waals surface area contributed by atoms with Crippen molar-refractivity contribution in [3.05, 3.63) is 91.9 Å². The van der Waals surface area contributed by atoms with Crippen molar-refractivity contribution in [1.82, 2.24) is 19.5 Å². The minimum Gasteiger partial charge on any atom is -0.494 e. The summed E-state index contributed by atoms with van der Waals surface area (Å²) in [6.45, 7) is -0.656. The Labute approximate surface area is 246 Å². The minimum absolute atomic E-state index is 0.0233. The molecular formula is C26H24ClFN5O9P. The maximum Gasteiger partial charge on any atom is 0.519 e. The van der Waals surface area contributed by atoms with Crippen LogP contribution in [0.5, 0.6) is 5.75 Å². The Hall–Kier alpha value is -4.27. The number of hydrogen-bond donors (Lipinski definition) is 2. The van der Waals surface area contributed by atoms with Crippen LogP contribution in [-0.2, 0) is 38.1 Å². The van der Waals surface area contributed by atoms with E-state index in [0.29, 0.717) is 16.1 Å². The lowest BCUT2D eigenvalue weighted by atomic mass is 10.1. The van der Waals surface area contributed by atoms with Gasteiger partial charge in [-0.2, -0.15) is 4.98 Å². The number of aromatic amines is 1. The third kappa shape index (κ3) is 7.21. The first-order valence-electron chi connectivity index (χ1n) is 12.5. The van der Waals surface area contributed by atoms with Crippen LogP contribution in [0.2, 0.25) is 5.02 Å². The largest absolute Gasteiger partial charge is 0.519 e. The minimum atomic E-state index is -4.08. The van der Waals surface area contributed by atoms with Crippen LogP contribution in [0.4, 0.5) is 10.3 Å². The van der Waals surface area contributed by atoms with Gasteiger partial charge < -0.3 is 33.1 Å². The Balaban J connectivity index is 1.30. The second kappa shape index (κ2) is 12.9. The Bertz CT molecular complexity index is 1900. The van der Waals surface area contributed by atoms with E-state index in [1.807, 2.05) is 0 Å². The van der Waals surface area contributed by atoms with Gasteiger partial charge in [0, 0.05) is 17.1 Å². The summed E-state index contributed by atoms with van der Waals surface area (Å²) in [6.07, 6.45) is 0.854. The molecule has 0 aliphatic carbocycles. The third-order valence-corrected chi connectivity index (χ3v) is 7.80. The van der Waals surface area contributed by atoms with Gasteiger partial charge in [0.25, 0.3) is 5.56 Å². The van der Waals surface area contributed by atoms with Crippen molar-refractivity contribution in [2.24, 2.45) is 0 Å². The average molecular weight is 636 g/mol. The van der Waals surface area contributed by atoms with Gasteiger partial charge in [-0.05, 0) is 42.0 Å². The lowest BCUT2D eigenvalue weighted by Gasteiger charge is -2.19. The molecule has 0 saturated carbocycles. The summed E-state index contributed by atoms with van der Waals surface area (Å²) in [7, 11) is -2.75. The Morgan fingerprint density at radius 2 is 1.88 bits per heavy atom. The quantitative estimate of drug-likeness (QED) is 0.138. The zero-order valence-corrected chi connectivity index (χ0v) is 24.1. The van der Waals surface area contributed by atoms with E-state index in [0.717, 1.165) is 0 Å². The number of nitrogens with two attached hydrogens (primary N) is 1. The molecule has 1 atom stereocenters. The number of rotatable bonds is 13. The summed E-state index contributed by atoms with van der Waals surface area (Å²) in [6, 6.07) is 10.5. The van der Waals surface area contributed by atoms with Crippen LogP contribution < -0.4 is 21.9 Å². The van der Waals surface area contributed by atoms with Crippen molar-refractivity contribution in [2.45, 2.75) is 19.8 Å². The molecule has 1 unspecified atom stereocenters. The Kier molecular flexibility index (Phi) is 9.08. The maximum absolute atomic E-state index is 14.2. The van der Waals surface area contributed by atoms with Crippen LogP contribution in [0.15, 0.2) is 67.2 Å². The predicted octanol–water partition coefficient (Wildman–Crippen LogP) is 4.32. The average Bonchev–Trinajstić information content (AvgIpc) is 3.57. The van der Waals surface area contributed by atoms with E-state index < -0.39 is 37.7 Å². The smallest absolute Gasteiger partial charge is 0.494 e. The number of benzene rings is 2. The van der Waals surface area contributed by atoms with Gasteiger partial charge in [-0.3, -0.25) is 18.9 Å². The molecule has 0 aliphatic heterocycles. The fraction of sp³-hybridized carbons (Fsp3) is 0.231. The highest BCUT2D eigenvalue weighted by Crippen LogP contribution is 2.50. The molecule has 226 valence electrons. The molecule has 14 nitrogen and oxygen atoms in total. The molecule has 17 heteroatoms. The van der Waals surface area contributed by atoms with Crippen LogP contribution in [-0.4, -0.2) is 39.6 Å². The summed E-state index contributed by atoms with van der Waals surface area (Å²) >= 11 is 5.95. The normalized spacial score (nSPS) is 12.9. The number of hydrogen-bond acceptors (Lipinski definition) is 12. The lowest BCUT2D eigenvalue weighted by molar-refractivity contribution is 0.114. The van der Waals surface area contributed by atoms with E-state index in [1.165, 1.54) is 36.2 Å². The molecule has 43 heavy (non-hydrogen) atoms. The highest BCUT2D eigenvalue weighted by Gasteiger charge is 2.28. The molecule has 0 bridgehead atoms. The predicted molar refractivity (Wildman–Crippen MR) is 151 cm³/mol. The van der Waals surface area contributed by atoms with E-state index >= 15 is 0 Å². The molecule has 0 saturated heterocycles. The SMILES string of the molecule is COc1ccc(COP(=O)(COCCn2cnc3c(=O)[nH]c(N)nc32)OCc2oc(=O)oc2-c2ccc(Cl)cc2)cc1F. The number of fused-ring (bicyclic) bond motifs is 1. The van der Waals surface area contributed by atoms with Crippen molar-refractivity contribution in [1.29, 1.82) is 0 Å². The van der Waals surface area contributed by atoms with Gasteiger partial charge in [0.2, 0.25) is 5.95 Å². The molecule has 0 aliphatic rings.